The number of nitrogens with zero attached hydrogens (tertiary/aromatic N) is 2. The van der Waals surface area contributed by atoms with E-state index in [0.717, 1.165) is 10.1 Å². The van der Waals surface area contributed by atoms with Gasteiger partial charge in [0.15, 0.2) is 0 Å². The predicted octanol–water partition coefficient (Wildman–Crippen LogP) is 3.41. The molecule has 6 heteroatoms. The number of nitrogens with one attached hydrogen (secondary N) is 1. The Balaban J connectivity index is 2.19. The van der Waals surface area contributed by atoms with Gasteiger partial charge in [-0.3, -0.25) is 9.48 Å². The minimum Gasteiger partial charge on any atom is -0.319 e. The molecule has 0 aliphatic heterocycles. The van der Waals surface area contributed by atoms with E-state index in [1.807, 2.05) is 13.0 Å². The molecule has 1 heterocycles. The number of rotatable bonds is 3. The summed E-state index contributed by atoms with van der Waals surface area (Å²) in [5, 5.41) is 7.44. The first-order chi connectivity index (χ1) is 8.60. The molecule has 18 heavy (non-hydrogen) atoms. The van der Waals surface area contributed by atoms with Crippen LogP contribution in [0.4, 0.5) is 5.69 Å². The van der Waals surface area contributed by atoms with Crippen molar-refractivity contribution in [3.63, 3.8) is 0 Å². The number of amides is 1. The smallest absolute Gasteiger partial charge is 0.256 e. The van der Waals surface area contributed by atoms with E-state index in [2.05, 4.69) is 33.0 Å². The Bertz CT molecular complexity index is 582. The fourth-order valence-electron chi connectivity index (χ4n) is 1.47. The predicted molar refractivity (Wildman–Crippen MR) is 80.0 cm³/mol. The van der Waals surface area contributed by atoms with Gasteiger partial charge < -0.3 is 5.32 Å². The second-order valence-electron chi connectivity index (χ2n) is 3.66. The molecule has 94 valence electrons. The second-order valence-corrected chi connectivity index (χ2v) is 5.26. The Morgan fingerprint density at radius 2 is 2.33 bits per heavy atom. The van der Waals surface area contributed by atoms with Gasteiger partial charge in [0.2, 0.25) is 0 Å². The molecule has 1 aromatic carbocycles. The molecule has 0 atom stereocenters. The Morgan fingerprint density at radius 3 is 3.00 bits per heavy atom. The van der Waals surface area contributed by atoms with Crippen LogP contribution in [0.15, 0.2) is 30.6 Å². The molecule has 0 aliphatic rings. The van der Waals surface area contributed by atoms with Crippen LogP contribution in [0.1, 0.15) is 17.3 Å². The van der Waals surface area contributed by atoms with E-state index in [4.69, 9.17) is 11.6 Å². The molecule has 1 aromatic heterocycles. The first-order valence-corrected chi connectivity index (χ1v) is 6.84. The maximum Gasteiger partial charge on any atom is 0.256 e. The van der Waals surface area contributed by atoms with Gasteiger partial charge in [0, 0.05) is 21.3 Å². The van der Waals surface area contributed by atoms with Crippen LogP contribution in [0.2, 0.25) is 5.02 Å². The van der Waals surface area contributed by atoms with Gasteiger partial charge in [-0.2, -0.15) is 5.10 Å². The largest absolute Gasteiger partial charge is 0.319 e. The van der Waals surface area contributed by atoms with E-state index < -0.39 is 0 Å². The molecule has 0 aliphatic carbocycles. The third-order valence-corrected chi connectivity index (χ3v) is 3.56. The van der Waals surface area contributed by atoms with E-state index >= 15 is 0 Å². The molecule has 4 nitrogen and oxygen atoms in total. The number of anilines is 1. The summed E-state index contributed by atoms with van der Waals surface area (Å²) in [6.45, 7) is 2.75. The Hall–Kier alpha value is -1.08. The van der Waals surface area contributed by atoms with Crippen LogP contribution in [0.3, 0.4) is 0 Å². The topological polar surface area (TPSA) is 46.9 Å². The number of benzene rings is 1. The van der Waals surface area contributed by atoms with Gasteiger partial charge >= 0.3 is 0 Å². The molecular weight excluding hydrogens is 365 g/mol. The highest BCUT2D eigenvalue weighted by atomic mass is 127. The van der Waals surface area contributed by atoms with E-state index in [1.54, 1.807) is 29.2 Å². The van der Waals surface area contributed by atoms with Gasteiger partial charge in [0.25, 0.3) is 5.91 Å². The molecule has 0 saturated carbocycles. The molecule has 0 fully saturated rings. The standard InChI is InChI=1S/C12H11ClIN3O/c1-2-17-7-9(6-15-17)16-12(18)10-5-8(13)3-4-11(10)14/h3-7H,2H2,1H3,(H,16,18). The fourth-order valence-corrected chi connectivity index (χ4v) is 2.22. The van der Waals surface area contributed by atoms with Crippen molar-refractivity contribution in [3.05, 3.63) is 44.7 Å². The summed E-state index contributed by atoms with van der Waals surface area (Å²) in [7, 11) is 0. The number of carbonyl (C=O) groups excluding carboxylic acids is 1. The van der Waals surface area contributed by atoms with Crippen molar-refractivity contribution in [2.24, 2.45) is 0 Å². The molecule has 0 unspecified atom stereocenters. The lowest BCUT2D eigenvalue weighted by Gasteiger charge is -2.05. The first-order valence-electron chi connectivity index (χ1n) is 5.39. The number of aryl methyl sites for hydroxylation is 1. The van der Waals surface area contributed by atoms with Crippen molar-refractivity contribution < 1.29 is 4.79 Å². The van der Waals surface area contributed by atoms with Crippen LogP contribution in [-0.4, -0.2) is 15.7 Å². The minimum atomic E-state index is -0.183. The van der Waals surface area contributed by atoms with Gasteiger partial charge in [-0.25, -0.2) is 0 Å². The van der Waals surface area contributed by atoms with Crippen molar-refractivity contribution in [3.8, 4) is 0 Å². The molecule has 0 radical (unpaired) electrons. The molecule has 2 aromatic rings. The highest BCUT2D eigenvalue weighted by molar-refractivity contribution is 14.1. The van der Waals surface area contributed by atoms with Crippen molar-refractivity contribution in [2.45, 2.75) is 13.5 Å². The Kier molecular flexibility index (Phi) is 4.23. The Labute approximate surface area is 123 Å². The van der Waals surface area contributed by atoms with Crippen LogP contribution < -0.4 is 5.32 Å². The number of aromatic nitrogens is 2. The average molecular weight is 376 g/mol. The summed E-state index contributed by atoms with van der Waals surface area (Å²) >= 11 is 8.00. The first kappa shape index (κ1) is 13.4. The van der Waals surface area contributed by atoms with Crippen LogP contribution in [0.5, 0.6) is 0 Å². The zero-order valence-electron chi connectivity index (χ0n) is 9.65. The van der Waals surface area contributed by atoms with E-state index in [-0.39, 0.29) is 5.91 Å². The van der Waals surface area contributed by atoms with Crippen LogP contribution >= 0.6 is 34.2 Å². The summed E-state index contributed by atoms with van der Waals surface area (Å²) in [6.07, 6.45) is 3.41. The van der Waals surface area contributed by atoms with Crippen LogP contribution in [-0.2, 0) is 6.54 Å². The lowest BCUT2D eigenvalue weighted by Crippen LogP contribution is -2.13. The van der Waals surface area contributed by atoms with Crippen LogP contribution in [0.25, 0.3) is 0 Å². The summed E-state index contributed by atoms with van der Waals surface area (Å²) < 4.78 is 2.61. The molecular formula is C12H11ClIN3O. The molecule has 1 amide bonds. The molecule has 1 N–H and O–H groups in total. The van der Waals surface area contributed by atoms with Gasteiger partial charge in [0.1, 0.15) is 0 Å². The molecule has 0 bridgehead atoms. The third-order valence-electron chi connectivity index (χ3n) is 2.39. The van der Waals surface area contributed by atoms with Crippen molar-refractivity contribution in [1.29, 1.82) is 0 Å². The van der Waals surface area contributed by atoms with Crippen molar-refractivity contribution in [2.75, 3.05) is 5.32 Å². The summed E-state index contributed by atoms with van der Waals surface area (Å²) in [5.74, 6) is -0.183. The van der Waals surface area contributed by atoms with Gasteiger partial charge in [-0.15, -0.1) is 0 Å². The summed E-state index contributed by atoms with van der Waals surface area (Å²) in [5.41, 5.74) is 1.24. The second kappa shape index (κ2) is 5.71. The van der Waals surface area contributed by atoms with Crippen molar-refractivity contribution >= 4 is 45.8 Å². The average Bonchev–Trinajstić information content (AvgIpc) is 2.80. The third kappa shape index (κ3) is 3.02. The maximum absolute atomic E-state index is 12.1. The lowest BCUT2D eigenvalue weighted by molar-refractivity contribution is 0.102. The zero-order valence-corrected chi connectivity index (χ0v) is 12.6. The zero-order chi connectivity index (χ0) is 13.1. The van der Waals surface area contributed by atoms with Crippen molar-refractivity contribution in [1.82, 2.24) is 9.78 Å². The highest BCUT2D eigenvalue weighted by Crippen LogP contribution is 2.19. The van der Waals surface area contributed by atoms with E-state index in [1.165, 1.54) is 0 Å². The van der Waals surface area contributed by atoms with Gasteiger partial charge in [0.05, 0.1) is 17.4 Å². The molecule has 2 rings (SSSR count). The summed E-state index contributed by atoms with van der Waals surface area (Å²) in [6, 6.07) is 5.23. The number of hydrogen-bond donors (Lipinski definition) is 1. The van der Waals surface area contributed by atoms with Crippen LogP contribution in [0, 0.1) is 3.57 Å². The SMILES string of the molecule is CCn1cc(NC(=O)c2cc(Cl)ccc2I)cn1. The summed E-state index contributed by atoms with van der Waals surface area (Å²) in [4.78, 5) is 12.1. The fraction of sp³-hybridized carbons (Fsp3) is 0.167. The molecule has 0 spiro atoms. The van der Waals surface area contributed by atoms with E-state index in [9.17, 15) is 4.79 Å². The monoisotopic (exact) mass is 375 g/mol. The normalized spacial score (nSPS) is 10.4. The molecule has 0 saturated heterocycles. The van der Waals surface area contributed by atoms with Gasteiger partial charge in [-0.1, -0.05) is 11.6 Å². The Morgan fingerprint density at radius 1 is 1.56 bits per heavy atom. The maximum atomic E-state index is 12.1. The number of halogens is 2. The van der Waals surface area contributed by atoms with Gasteiger partial charge in [-0.05, 0) is 47.7 Å². The number of hydrogen-bond acceptors (Lipinski definition) is 2. The van der Waals surface area contributed by atoms with E-state index in [0.29, 0.717) is 16.3 Å². The number of carbonyl (C=O) groups is 1. The quantitative estimate of drug-likeness (QED) is 0.836. The lowest BCUT2D eigenvalue weighted by atomic mass is 10.2. The highest BCUT2D eigenvalue weighted by Gasteiger charge is 2.11. The minimum absolute atomic E-state index is 0.183.